The van der Waals surface area contributed by atoms with Crippen molar-refractivity contribution in [1.82, 2.24) is 19.3 Å². The van der Waals surface area contributed by atoms with E-state index in [4.69, 9.17) is 10.5 Å². The number of anilines is 2. The molecule has 1 amide bonds. The molecule has 9 heteroatoms. The Bertz CT molecular complexity index is 1030. The van der Waals surface area contributed by atoms with Gasteiger partial charge in [-0.3, -0.25) is 14.2 Å². The van der Waals surface area contributed by atoms with Crippen molar-refractivity contribution < 1.29 is 13.9 Å². The second-order valence-electron chi connectivity index (χ2n) is 6.94. The van der Waals surface area contributed by atoms with Crippen molar-refractivity contribution in [3.05, 3.63) is 35.3 Å². The normalized spacial score (nSPS) is 15.2. The predicted molar refractivity (Wildman–Crippen MR) is 103 cm³/mol. The highest BCUT2D eigenvalue weighted by Crippen LogP contribution is 2.30. The van der Waals surface area contributed by atoms with E-state index in [2.05, 4.69) is 31.6 Å². The van der Waals surface area contributed by atoms with Crippen molar-refractivity contribution in [2.24, 2.45) is 5.73 Å². The summed E-state index contributed by atoms with van der Waals surface area (Å²) in [5.74, 6) is -1.09. The molecule has 1 aliphatic rings. The van der Waals surface area contributed by atoms with E-state index < -0.39 is 11.7 Å². The fourth-order valence-electron chi connectivity index (χ4n) is 3.71. The van der Waals surface area contributed by atoms with Crippen LogP contribution in [0.2, 0.25) is 0 Å². The monoisotopic (exact) mass is 386 g/mol. The maximum absolute atomic E-state index is 14.1. The molecule has 1 fully saturated rings. The summed E-state index contributed by atoms with van der Waals surface area (Å²) in [6, 6.07) is 3.01. The van der Waals surface area contributed by atoms with Gasteiger partial charge in [0, 0.05) is 25.4 Å². The molecule has 0 unspecified atom stereocenters. The van der Waals surface area contributed by atoms with E-state index in [1.807, 2.05) is 0 Å². The second kappa shape index (κ2) is 7.23. The van der Waals surface area contributed by atoms with Crippen molar-refractivity contribution in [3.63, 3.8) is 0 Å². The van der Waals surface area contributed by atoms with E-state index in [0.29, 0.717) is 23.2 Å². The Labute approximate surface area is 161 Å². The topological polar surface area (TPSA) is 100.0 Å². The number of benzene rings is 1. The van der Waals surface area contributed by atoms with Crippen molar-refractivity contribution in [2.45, 2.75) is 39.3 Å². The van der Waals surface area contributed by atoms with Crippen molar-refractivity contribution in [3.8, 4) is 0 Å². The Morgan fingerprint density at radius 3 is 2.82 bits per heavy atom. The number of amides is 1. The molecule has 1 aromatic carbocycles. The maximum Gasteiger partial charge on any atom is 0.251 e. The summed E-state index contributed by atoms with van der Waals surface area (Å²) in [5.41, 5.74) is 8.07. The zero-order valence-electron chi connectivity index (χ0n) is 15.9. The third kappa shape index (κ3) is 3.11. The minimum atomic E-state index is -0.795. The van der Waals surface area contributed by atoms with E-state index in [1.54, 1.807) is 13.1 Å². The van der Waals surface area contributed by atoms with Gasteiger partial charge in [0.2, 0.25) is 5.95 Å². The Hall–Kier alpha value is -2.94. The van der Waals surface area contributed by atoms with Crippen LogP contribution in [-0.4, -0.2) is 38.5 Å². The molecule has 0 radical (unpaired) electrons. The molecular weight excluding hydrogens is 363 g/mol. The smallest absolute Gasteiger partial charge is 0.251 e. The first-order valence-corrected chi connectivity index (χ1v) is 9.38. The van der Waals surface area contributed by atoms with Crippen LogP contribution in [0.4, 0.5) is 16.0 Å². The number of nitrogens with two attached hydrogens (primary N) is 1. The lowest BCUT2D eigenvalue weighted by Crippen LogP contribution is -2.31. The van der Waals surface area contributed by atoms with Crippen LogP contribution in [0.15, 0.2) is 18.3 Å². The van der Waals surface area contributed by atoms with Crippen LogP contribution < -0.4 is 11.1 Å². The lowest BCUT2D eigenvalue weighted by molar-refractivity contribution is 0.0623. The van der Waals surface area contributed by atoms with E-state index in [0.717, 1.165) is 43.8 Å². The molecule has 0 bridgehead atoms. The number of nitrogens with one attached hydrogen (secondary N) is 1. The van der Waals surface area contributed by atoms with Gasteiger partial charge in [0.05, 0.1) is 17.8 Å². The molecule has 1 saturated heterocycles. The SMILES string of the molecule is CCn1c2cnc(Nc3cc(F)c(C(N)=O)cc3C)nc2n1C1CCOCC1. The molecule has 0 aliphatic carbocycles. The standard InChI is InChI=1S/C19H23FN6O2/c1-3-25-16-10-22-19(24-18(16)26(25)12-4-6-28-7-5-12)23-15-9-14(20)13(17(21)27)8-11(15)2/h8-10,12H,3-7H2,1-2H3,(H2,21,27)(H,22,23,24). The number of rotatable bonds is 5. The number of carbonyl (C=O) groups is 1. The van der Waals surface area contributed by atoms with Gasteiger partial charge < -0.3 is 15.8 Å². The average Bonchev–Trinajstić information content (AvgIpc) is 2.67. The number of ether oxygens (including phenoxy) is 1. The van der Waals surface area contributed by atoms with Crippen molar-refractivity contribution in [1.29, 1.82) is 0 Å². The highest BCUT2D eigenvalue weighted by atomic mass is 19.1. The number of halogens is 1. The van der Waals surface area contributed by atoms with Gasteiger partial charge in [-0.2, -0.15) is 4.98 Å². The highest BCUT2D eigenvalue weighted by Gasteiger charge is 2.24. The molecule has 1 aliphatic heterocycles. The molecule has 2 aromatic heterocycles. The van der Waals surface area contributed by atoms with Gasteiger partial charge in [0.25, 0.3) is 5.91 Å². The molecule has 4 rings (SSSR count). The summed E-state index contributed by atoms with van der Waals surface area (Å²) in [6.45, 7) is 6.18. The molecule has 0 atom stereocenters. The molecular formula is C19H23FN6O2. The average molecular weight is 386 g/mol. The van der Waals surface area contributed by atoms with Crippen LogP contribution in [0.1, 0.15) is 41.7 Å². The van der Waals surface area contributed by atoms with E-state index in [9.17, 15) is 9.18 Å². The summed E-state index contributed by atoms with van der Waals surface area (Å²) in [7, 11) is 0. The van der Waals surface area contributed by atoms with Crippen molar-refractivity contribution >= 4 is 28.7 Å². The summed E-state index contributed by atoms with van der Waals surface area (Å²) in [6.07, 6.45) is 3.66. The Kier molecular flexibility index (Phi) is 4.76. The largest absolute Gasteiger partial charge is 0.381 e. The van der Waals surface area contributed by atoms with Crippen LogP contribution in [0, 0.1) is 12.7 Å². The summed E-state index contributed by atoms with van der Waals surface area (Å²) < 4.78 is 24.0. The zero-order chi connectivity index (χ0) is 19.8. The highest BCUT2D eigenvalue weighted by molar-refractivity contribution is 5.94. The first-order valence-electron chi connectivity index (χ1n) is 9.38. The summed E-state index contributed by atoms with van der Waals surface area (Å²) in [5, 5.41) is 3.05. The fraction of sp³-hybridized carbons (Fsp3) is 0.421. The predicted octanol–water partition coefficient (Wildman–Crippen LogP) is 2.89. The van der Waals surface area contributed by atoms with Crippen LogP contribution >= 0.6 is 0 Å². The quantitative estimate of drug-likeness (QED) is 0.702. The number of hydrogen-bond donors (Lipinski definition) is 2. The first-order chi connectivity index (χ1) is 13.5. The molecule has 0 saturated carbocycles. The van der Waals surface area contributed by atoms with Gasteiger partial charge in [-0.1, -0.05) is 0 Å². The number of aryl methyl sites for hydroxylation is 2. The van der Waals surface area contributed by atoms with Crippen LogP contribution in [0.3, 0.4) is 0 Å². The van der Waals surface area contributed by atoms with Crippen LogP contribution in [-0.2, 0) is 11.3 Å². The molecule has 3 heterocycles. The number of primary amides is 1. The lowest BCUT2D eigenvalue weighted by atomic mass is 10.1. The van der Waals surface area contributed by atoms with Crippen LogP contribution in [0.5, 0.6) is 0 Å². The van der Waals surface area contributed by atoms with Crippen LogP contribution in [0.25, 0.3) is 11.2 Å². The Morgan fingerprint density at radius 2 is 2.14 bits per heavy atom. The minimum Gasteiger partial charge on any atom is -0.381 e. The lowest BCUT2D eigenvalue weighted by Gasteiger charge is -2.33. The van der Waals surface area contributed by atoms with E-state index in [1.165, 1.54) is 12.1 Å². The molecule has 3 aromatic rings. The zero-order valence-corrected chi connectivity index (χ0v) is 15.9. The minimum absolute atomic E-state index is 0.134. The summed E-state index contributed by atoms with van der Waals surface area (Å²) >= 11 is 0. The molecule has 0 spiro atoms. The molecule has 148 valence electrons. The van der Waals surface area contributed by atoms with Gasteiger partial charge >= 0.3 is 0 Å². The maximum atomic E-state index is 14.1. The number of fused-ring (bicyclic) bond motifs is 1. The third-order valence-electron chi connectivity index (χ3n) is 5.17. The summed E-state index contributed by atoms with van der Waals surface area (Å²) in [4.78, 5) is 20.3. The first kappa shape index (κ1) is 18.4. The van der Waals surface area contributed by atoms with Crippen molar-refractivity contribution in [2.75, 3.05) is 18.5 Å². The van der Waals surface area contributed by atoms with E-state index >= 15 is 0 Å². The van der Waals surface area contributed by atoms with Gasteiger partial charge in [-0.15, -0.1) is 0 Å². The van der Waals surface area contributed by atoms with E-state index in [-0.39, 0.29) is 5.56 Å². The van der Waals surface area contributed by atoms with Gasteiger partial charge in [-0.25, -0.2) is 9.37 Å². The number of carbonyl (C=O) groups excluding carboxylic acids is 1. The third-order valence-corrected chi connectivity index (χ3v) is 5.17. The van der Waals surface area contributed by atoms with Gasteiger partial charge in [-0.05, 0) is 44.4 Å². The number of hydrogen-bond acceptors (Lipinski definition) is 5. The number of aromatic nitrogens is 4. The Morgan fingerprint density at radius 1 is 1.39 bits per heavy atom. The second-order valence-corrected chi connectivity index (χ2v) is 6.94. The van der Waals surface area contributed by atoms with Gasteiger partial charge in [0.15, 0.2) is 5.65 Å². The fourth-order valence-corrected chi connectivity index (χ4v) is 3.71. The Balaban J connectivity index is 1.67. The molecule has 8 nitrogen and oxygen atoms in total. The molecule has 3 N–H and O–H groups in total. The molecule has 28 heavy (non-hydrogen) atoms. The van der Waals surface area contributed by atoms with Gasteiger partial charge in [0.1, 0.15) is 11.3 Å². The number of nitrogens with zero attached hydrogens (tertiary/aromatic N) is 4.